The van der Waals surface area contributed by atoms with Crippen molar-refractivity contribution in [3.8, 4) is 6.07 Å². The van der Waals surface area contributed by atoms with Crippen LogP contribution in [-0.4, -0.2) is 30.9 Å². The van der Waals surface area contributed by atoms with Crippen LogP contribution in [0, 0.1) is 11.3 Å². The van der Waals surface area contributed by atoms with Gasteiger partial charge < -0.3 is 10.1 Å². The molecule has 1 aromatic carbocycles. The molecular formula is C14H12F3N3O. The fourth-order valence-electron chi connectivity index (χ4n) is 1.85. The van der Waals surface area contributed by atoms with Gasteiger partial charge in [-0.3, -0.25) is 4.98 Å². The highest BCUT2D eigenvalue weighted by Gasteiger charge is 2.27. The van der Waals surface area contributed by atoms with Gasteiger partial charge in [0.05, 0.1) is 23.4 Å². The minimum atomic E-state index is -4.33. The van der Waals surface area contributed by atoms with Gasteiger partial charge in [0.1, 0.15) is 12.7 Å². The van der Waals surface area contributed by atoms with Crippen LogP contribution >= 0.6 is 0 Å². The van der Waals surface area contributed by atoms with Gasteiger partial charge in [0.15, 0.2) is 0 Å². The maximum Gasteiger partial charge on any atom is 0.411 e. The Morgan fingerprint density at radius 1 is 1.29 bits per heavy atom. The number of anilines is 1. The van der Waals surface area contributed by atoms with Crippen LogP contribution in [0.15, 0.2) is 30.5 Å². The number of aromatic nitrogens is 1. The maximum atomic E-state index is 11.9. The molecule has 0 aliphatic carbocycles. The summed E-state index contributed by atoms with van der Waals surface area (Å²) in [7, 11) is 0. The average molecular weight is 295 g/mol. The van der Waals surface area contributed by atoms with Crippen molar-refractivity contribution in [2.75, 3.05) is 25.1 Å². The smallest absolute Gasteiger partial charge is 0.381 e. The number of nitrogens with one attached hydrogen (secondary N) is 1. The van der Waals surface area contributed by atoms with E-state index in [0.717, 1.165) is 5.39 Å². The first-order valence-electron chi connectivity index (χ1n) is 6.17. The summed E-state index contributed by atoms with van der Waals surface area (Å²) in [5, 5.41) is 12.8. The number of benzene rings is 1. The molecule has 0 bridgehead atoms. The highest BCUT2D eigenvalue weighted by atomic mass is 19.4. The number of rotatable bonds is 5. The lowest BCUT2D eigenvalue weighted by molar-refractivity contribution is -0.172. The van der Waals surface area contributed by atoms with Crippen LogP contribution in [0.2, 0.25) is 0 Å². The van der Waals surface area contributed by atoms with E-state index in [2.05, 4.69) is 15.0 Å². The third-order valence-electron chi connectivity index (χ3n) is 2.71. The van der Waals surface area contributed by atoms with E-state index in [1.54, 1.807) is 18.2 Å². The van der Waals surface area contributed by atoms with Crippen molar-refractivity contribution in [1.82, 2.24) is 4.98 Å². The topological polar surface area (TPSA) is 57.9 Å². The minimum Gasteiger partial charge on any atom is -0.381 e. The lowest BCUT2D eigenvalue weighted by Crippen LogP contribution is -2.20. The Bertz CT molecular complexity index is 665. The van der Waals surface area contributed by atoms with Crippen LogP contribution < -0.4 is 5.32 Å². The molecule has 0 atom stereocenters. The van der Waals surface area contributed by atoms with E-state index < -0.39 is 12.8 Å². The number of nitriles is 1. The number of pyridine rings is 1. The van der Waals surface area contributed by atoms with Crippen molar-refractivity contribution >= 4 is 16.6 Å². The lowest BCUT2D eigenvalue weighted by atomic mass is 10.1. The molecule has 110 valence electrons. The first-order chi connectivity index (χ1) is 10.0. The quantitative estimate of drug-likeness (QED) is 0.861. The maximum absolute atomic E-state index is 11.9. The molecule has 0 unspecified atom stereocenters. The molecule has 1 aromatic heterocycles. The predicted molar refractivity (Wildman–Crippen MR) is 71.8 cm³/mol. The molecule has 0 fully saturated rings. The number of fused-ring (bicyclic) bond motifs is 1. The molecule has 2 aromatic rings. The second kappa shape index (κ2) is 6.41. The zero-order chi connectivity index (χ0) is 15.3. The Morgan fingerprint density at radius 2 is 2.05 bits per heavy atom. The Hall–Kier alpha value is -2.33. The van der Waals surface area contributed by atoms with Crippen molar-refractivity contribution in [2.45, 2.75) is 6.18 Å². The summed E-state index contributed by atoms with van der Waals surface area (Å²) in [6, 6.07) is 9.21. The first-order valence-corrected chi connectivity index (χ1v) is 6.17. The molecular weight excluding hydrogens is 283 g/mol. The van der Waals surface area contributed by atoms with E-state index in [1.165, 1.54) is 6.20 Å². The molecule has 2 rings (SSSR count). The van der Waals surface area contributed by atoms with Gasteiger partial charge in [-0.05, 0) is 6.07 Å². The van der Waals surface area contributed by atoms with E-state index in [9.17, 15) is 13.2 Å². The summed E-state index contributed by atoms with van der Waals surface area (Å²) >= 11 is 0. The van der Waals surface area contributed by atoms with Crippen LogP contribution in [0.1, 0.15) is 5.56 Å². The van der Waals surface area contributed by atoms with Crippen molar-refractivity contribution in [2.24, 2.45) is 0 Å². The third kappa shape index (κ3) is 4.07. The molecule has 0 amide bonds. The predicted octanol–water partition coefficient (Wildman–Crippen LogP) is 3.10. The number of para-hydroxylation sites is 1. The fraction of sp³-hybridized carbons (Fsp3) is 0.286. The minimum absolute atomic E-state index is 0.110. The molecule has 4 nitrogen and oxygen atoms in total. The van der Waals surface area contributed by atoms with E-state index in [0.29, 0.717) is 16.8 Å². The Labute approximate surface area is 119 Å². The van der Waals surface area contributed by atoms with Gasteiger partial charge >= 0.3 is 6.18 Å². The van der Waals surface area contributed by atoms with E-state index in [-0.39, 0.29) is 13.2 Å². The van der Waals surface area contributed by atoms with Crippen molar-refractivity contribution < 1.29 is 17.9 Å². The van der Waals surface area contributed by atoms with Crippen LogP contribution in [0.3, 0.4) is 0 Å². The largest absolute Gasteiger partial charge is 0.411 e. The number of hydrogen-bond acceptors (Lipinski definition) is 4. The molecule has 0 aliphatic rings. The highest BCUT2D eigenvalue weighted by molar-refractivity contribution is 5.93. The van der Waals surface area contributed by atoms with Gasteiger partial charge in [-0.15, -0.1) is 0 Å². The van der Waals surface area contributed by atoms with E-state index in [1.807, 2.05) is 12.1 Å². The zero-order valence-electron chi connectivity index (χ0n) is 10.9. The normalized spacial score (nSPS) is 11.3. The van der Waals surface area contributed by atoms with Gasteiger partial charge in [0, 0.05) is 18.1 Å². The fourth-order valence-corrected chi connectivity index (χ4v) is 1.85. The van der Waals surface area contributed by atoms with Crippen molar-refractivity contribution in [3.63, 3.8) is 0 Å². The van der Waals surface area contributed by atoms with Crippen molar-refractivity contribution in [1.29, 1.82) is 5.26 Å². The van der Waals surface area contributed by atoms with Crippen molar-refractivity contribution in [3.05, 3.63) is 36.0 Å². The second-order valence-electron chi connectivity index (χ2n) is 4.27. The molecule has 1 N–H and O–H groups in total. The number of ether oxygens (including phenoxy) is 1. The Morgan fingerprint density at radius 3 is 2.76 bits per heavy atom. The Kier molecular flexibility index (Phi) is 4.60. The third-order valence-corrected chi connectivity index (χ3v) is 2.71. The van der Waals surface area contributed by atoms with E-state index >= 15 is 0 Å². The summed E-state index contributed by atoms with van der Waals surface area (Å²) < 4.78 is 40.3. The molecule has 0 spiro atoms. The van der Waals surface area contributed by atoms with Crippen LogP contribution in [0.4, 0.5) is 18.9 Å². The second-order valence-corrected chi connectivity index (χ2v) is 4.27. The van der Waals surface area contributed by atoms with Crippen LogP contribution in [0.5, 0.6) is 0 Å². The summed E-state index contributed by atoms with van der Waals surface area (Å²) in [6.07, 6.45) is -2.90. The number of hydrogen-bond donors (Lipinski definition) is 1. The lowest BCUT2D eigenvalue weighted by Gasteiger charge is -2.12. The molecule has 0 radical (unpaired) electrons. The molecule has 0 saturated carbocycles. The monoisotopic (exact) mass is 295 g/mol. The van der Waals surface area contributed by atoms with Gasteiger partial charge in [-0.2, -0.15) is 18.4 Å². The summed E-state index contributed by atoms with van der Waals surface area (Å²) in [6.45, 7) is -1.23. The van der Waals surface area contributed by atoms with Crippen LogP contribution in [-0.2, 0) is 4.74 Å². The molecule has 21 heavy (non-hydrogen) atoms. The average Bonchev–Trinajstić information content (AvgIpc) is 2.45. The number of nitrogens with zero attached hydrogens (tertiary/aromatic N) is 2. The highest BCUT2D eigenvalue weighted by Crippen LogP contribution is 2.25. The summed E-state index contributed by atoms with van der Waals surface area (Å²) in [5.74, 6) is 0. The van der Waals surface area contributed by atoms with Crippen LogP contribution in [0.25, 0.3) is 10.9 Å². The first kappa shape index (κ1) is 15.1. The number of halogens is 3. The summed E-state index contributed by atoms with van der Waals surface area (Å²) in [4.78, 5) is 4.15. The van der Waals surface area contributed by atoms with Gasteiger partial charge in [0.25, 0.3) is 0 Å². The van der Waals surface area contributed by atoms with Gasteiger partial charge in [-0.25, -0.2) is 0 Å². The van der Waals surface area contributed by atoms with Gasteiger partial charge in [0.2, 0.25) is 0 Å². The SMILES string of the molecule is N#Cc1cnc2ccccc2c1NCCOCC(F)(F)F. The number of alkyl halides is 3. The molecule has 1 heterocycles. The molecule has 0 aliphatic heterocycles. The molecule has 0 saturated heterocycles. The van der Waals surface area contributed by atoms with Gasteiger partial charge in [-0.1, -0.05) is 18.2 Å². The van der Waals surface area contributed by atoms with E-state index in [4.69, 9.17) is 5.26 Å². The molecule has 7 heteroatoms. The zero-order valence-corrected chi connectivity index (χ0v) is 10.9. The Balaban J connectivity index is 2.06. The standard InChI is InChI=1S/C14H12F3N3O/c15-14(16,17)9-21-6-5-19-13-10(7-18)8-20-12-4-2-1-3-11(12)13/h1-4,8H,5-6,9H2,(H,19,20). The summed E-state index contributed by atoms with van der Waals surface area (Å²) in [5.41, 5.74) is 1.60.